The molecular weight excluding hydrogens is 256 g/mol. The highest BCUT2D eigenvalue weighted by Gasteiger charge is 2.26. The molecule has 0 bridgehead atoms. The van der Waals surface area contributed by atoms with E-state index in [1.807, 2.05) is 33.1 Å². The molecule has 1 heterocycles. The Labute approximate surface area is 120 Å². The molecule has 0 aliphatic heterocycles. The zero-order valence-electron chi connectivity index (χ0n) is 12.8. The molecule has 112 valence electrons. The molecule has 0 saturated carbocycles. The zero-order valence-corrected chi connectivity index (χ0v) is 12.8. The summed E-state index contributed by atoms with van der Waals surface area (Å²) in [5.74, 6) is 1.06. The minimum atomic E-state index is 0.0778. The molecule has 1 aromatic heterocycles. The van der Waals surface area contributed by atoms with E-state index >= 15 is 0 Å². The number of hydrogen-bond donors (Lipinski definition) is 1. The second kappa shape index (κ2) is 6.37. The Morgan fingerprint density at radius 2 is 2.10 bits per heavy atom. The molecule has 1 unspecified atom stereocenters. The van der Waals surface area contributed by atoms with Gasteiger partial charge >= 0.3 is 0 Å². The highest BCUT2D eigenvalue weighted by Crippen LogP contribution is 2.25. The highest BCUT2D eigenvalue weighted by molar-refractivity contribution is 5.78. The van der Waals surface area contributed by atoms with E-state index in [9.17, 15) is 4.79 Å². The third-order valence-corrected chi connectivity index (χ3v) is 3.41. The summed E-state index contributed by atoms with van der Waals surface area (Å²) in [5.41, 5.74) is 2.18. The molecule has 0 radical (unpaired) electrons. The van der Waals surface area contributed by atoms with Crippen LogP contribution in [0, 0.1) is 0 Å². The van der Waals surface area contributed by atoms with E-state index in [1.165, 1.54) is 5.56 Å². The minimum Gasteiger partial charge on any atom is -0.361 e. The van der Waals surface area contributed by atoms with Gasteiger partial charge in [-0.05, 0) is 41.0 Å². The van der Waals surface area contributed by atoms with Gasteiger partial charge in [0.15, 0.2) is 0 Å². The lowest BCUT2D eigenvalue weighted by atomic mass is 9.92. The van der Waals surface area contributed by atoms with Crippen molar-refractivity contribution in [2.75, 3.05) is 34.7 Å². The second-order valence-corrected chi connectivity index (χ2v) is 6.01. The quantitative estimate of drug-likeness (QED) is 0.839. The van der Waals surface area contributed by atoms with Crippen LogP contribution in [-0.4, -0.2) is 61.6 Å². The number of carbonyl (C=O) groups is 1. The van der Waals surface area contributed by atoms with Crippen LogP contribution in [0.4, 0.5) is 0 Å². The monoisotopic (exact) mass is 280 g/mol. The molecule has 1 N–H and O–H groups in total. The van der Waals surface area contributed by atoms with Crippen LogP contribution >= 0.6 is 0 Å². The van der Waals surface area contributed by atoms with Crippen LogP contribution in [0.5, 0.6) is 0 Å². The van der Waals surface area contributed by atoms with Gasteiger partial charge < -0.3 is 19.6 Å². The van der Waals surface area contributed by atoms with Gasteiger partial charge in [-0.1, -0.05) is 5.16 Å². The van der Waals surface area contributed by atoms with E-state index in [-0.39, 0.29) is 11.9 Å². The maximum absolute atomic E-state index is 11.8. The number of hydrogen-bond acceptors (Lipinski definition) is 5. The van der Waals surface area contributed by atoms with E-state index in [0.717, 1.165) is 37.3 Å². The van der Waals surface area contributed by atoms with Crippen molar-refractivity contribution in [3.05, 3.63) is 17.0 Å². The summed E-state index contributed by atoms with van der Waals surface area (Å²) in [7, 11) is 7.82. The molecular formula is C14H24N4O2. The molecule has 6 nitrogen and oxygen atoms in total. The van der Waals surface area contributed by atoms with Crippen molar-refractivity contribution in [3.8, 4) is 0 Å². The first-order valence-corrected chi connectivity index (χ1v) is 7.01. The molecule has 1 aliphatic carbocycles. The Morgan fingerprint density at radius 3 is 2.75 bits per heavy atom. The Morgan fingerprint density at radius 1 is 1.35 bits per heavy atom. The van der Waals surface area contributed by atoms with Crippen LogP contribution in [-0.2, 0) is 24.2 Å². The van der Waals surface area contributed by atoms with E-state index in [0.29, 0.717) is 6.54 Å². The Hall–Kier alpha value is -1.40. The Kier molecular flexibility index (Phi) is 4.77. The number of nitrogens with one attached hydrogen (secondary N) is 1. The van der Waals surface area contributed by atoms with Crippen LogP contribution in [0.15, 0.2) is 4.52 Å². The summed E-state index contributed by atoms with van der Waals surface area (Å²) < 4.78 is 5.41. The Bertz CT molecular complexity index is 468. The van der Waals surface area contributed by atoms with Gasteiger partial charge in [-0.15, -0.1) is 0 Å². The summed E-state index contributed by atoms with van der Waals surface area (Å²) in [4.78, 5) is 15.8. The number of nitrogens with zero attached hydrogens (tertiary/aromatic N) is 3. The lowest BCUT2D eigenvalue weighted by Gasteiger charge is -2.23. The lowest BCUT2D eigenvalue weighted by molar-refractivity contribution is -0.122. The topological polar surface area (TPSA) is 61.6 Å². The smallest absolute Gasteiger partial charge is 0.234 e. The molecule has 0 saturated heterocycles. The maximum Gasteiger partial charge on any atom is 0.234 e. The van der Waals surface area contributed by atoms with Crippen LogP contribution < -0.4 is 5.32 Å². The van der Waals surface area contributed by atoms with E-state index in [4.69, 9.17) is 4.52 Å². The third kappa shape index (κ3) is 3.80. The predicted molar refractivity (Wildman–Crippen MR) is 76.4 cm³/mol. The highest BCUT2D eigenvalue weighted by atomic mass is 16.5. The zero-order chi connectivity index (χ0) is 14.7. The fourth-order valence-electron chi connectivity index (χ4n) is 2.57. The number of aryl methyl sites for hydroxylation is 1. The van der Waals surface area contributed by atoms with E-state index in [2.05, 4.69) is 15.4 Å². The second-order valence-electron chi connectivity index (χ2n) is 6.01. The molecule has 0 fully saturated rings. The van der Waals surface area contributed by atoms with Crippen molar-refractivity contribution in [2.45, 2.75) is 31.8 Å². The lowest BCUT2D eigenvalue weighted by Crippen LogP contribution is -2.42. The Balaban J connectivity index is 1.98. The standard InChI is InChI=1S/C14H24N4O2/c1-17(2)8-12-11-7-10(5-6-13(11)20-16-12)15-14(19)9-18(3)4/h10H,5-9H2,1-4H3,(H,15,19). The van der Waals surface area contributed by atoms with Crippen molar-refractivity contribution in [1.82, 2.24) is 20.3 Å². The van der Waals surface area contributed by atoms with Gasteiger partial charge in [0.2, 0.25) is 5.91 Å². The number of likely N-dealkylation sites (N-methyl/N-ethyl adjacent to an activating group) is 1. The predicted octanol–water partition coefficient (Wildman–Crippen LogP) is 0.271. The molecule has 1 amide bonds. The molecule has 0 aromatic carbocycles. The van der Waals surface area contributed by atoms with Gasteiger partial charge in [-0.2, -0.15) is 0 Å². The fourth-order valence-corrected chi connectivity index (χ4v) is 2.57. The molecule has 1 atom stereocenters. The summed E-state index contributed by atoms with van der Waals surface area (Å²) in [6.45, 7) is 1.20. The molecule has 20 heavy (non-hydrogen) atoms. The van der Waals surface area contributed by atoms with E-state index < -0.39 is 0 Å². The minimum absolute atomic E-state index is 0.0778. The summed E-state index contributed by atoms with van der Waals surface area (Å²) in [5, 5.41) is 7.26. The summed E-state index contributed by atoms with van der Waals surface area (Å²) >= 11 is 0. The van der Waals surface area contributed by atoms with Gasteiger partial charge in [-0.25, -0.2) is 0 Å². The fraction of sp³-hybridized carbons (Fsp3) is 0.714. The van der Waals surface area contributed by atoms with Crippen molar-refractivity contribution in [2.24, 2.45) is 0 Å². The van der Waals surface area contributed by atoms with Gasteiger partial charge in [0.1, 0.15) is 11.5 Å². The van der Waals surface area contributed by atoms with Crippen molar-refractivity contribution < 1.29 is 9.32 Å². The summed E-state index contributed by atoms with van der Waals surface area (Å²) in [6, 6.07) is 0.190. The summed E-state index contributed by atoms with van der Waals surface area (Å²) in [6.07, 6.45) is 2.59. The molecule has 0 spiro atoms. The van der Waals surface area contributed by atoms with Gasteiger partial charge in [0, 0.05) is 24.6 Å². The molecule has 6 heteroatoms. The molecule has 1 aromatic rings. The van der Waals surface area contributed by atoms with Crippen molar-refractivity contribution >= 4 is 5.91 Å². The average Bonchev–Trinajstić information content (AvgIpc) is 2.70. The van der Waals surface area contributed by atoms with Gasteiger partial charge in [-0.3, -0.25) is 4.79 Å². The van der Waals surface area contributed by atoms with Crippen LogP contribution in [0.25, 0.3) is 0 Å². The third-order valence-electron chi connectivity index (χ3n) is 3.41. The largest absolute Gasteiger partial charge is 0.361 e. The van der Waals surface area contributed by atoms with Crippen molar-refractivity contribution in [1.29, 1.82) is 0 Å². The average molecular weight is 280 g/mol. The van der Waals surface area contributed by atoms with Gasteiger partial charge in [0.25, 0.3) is 0 Å². The first kappa shape index (κ1) is 15.0. The number of carbonyl (C=O) groups excluding carboxylic acids is 1. The van der Waals surface area contributed by atoms with E-state index in [1.54, 1.807) is 0 Å². The molecule has 2 rings (SSSR count). The van der Waals surface area contributed by atoms with Crippen molar-refractivity contribution in [3.63, 3.8) is 0 Å². The number of rotatable bonds is 5. The normalized spacial score (nSPS) is 18.4. The van der Waals surface area contributed by atoms with Crippen LogP contribution in [0.1, 0.15) is 23.4 Å². The van der Waals surface area contributed by atoms with Crippen LogP contribution in [0.2, 0.25) is 0 Å². The number of fused-ring (bicyclic) bond motifs is 1. The number of aromatic nitrogens is 1. The SMILES string of the molecule is CN(C)CC(=O)NC1CCc2onc(CN(C)C)c2C1. The van der Waals surface area contributed by atoms with Gasteiger partial charge in [0.05, 0.1) is 6.54 Å². The molecule has 1 aliphatic rings. The van der Waals surface area contributed by atoms with Crippen LogP contribution in [0.3, 0.4) is 0 Å². The maximum atomic E-state index is 11.8. The first-order chi connectivity index (χ1) is 9.45. The first-order valence-electron chi connectivity index (χ1n) is 7.01. The number of amides is 1.